The molecule has 2 fully saturated rings. The number of Topliss-reactive ketones (excluding diaryl/α,β-unsaturated/α-hetero) is 1. The number of piperidine rings is 1. The van der Waals surface area contributed by atoms with Crippen molar-refractivity contribution in [2.24, 2.45) is 0 Å². The Hall–Kier alpha value is -3.62. The largest absolute Gasteiger partial charge is 0.417 e. The summed E-state index contributed by atoms with van der Waals surface area (Å²) in [5, 5.41) is 14.2. The van der Waals surface area contributed by atoms with E-state index in [1.54, 1.807) is 13.1 Å². The van der Waals surface area contributed by atoms with Gasteiger partial charge in [-0.15, -0.1) is 0 Å². The summed E-state index contributed by atoms with van der Waals surface area (Å²) >= 11 is 0. The van der Waals surface area contributed by atoms with Gasteiger partial charge in [-0.05, 0) is 56.4 Å². The Morgan fingerprint density at radius 2 is 1.85 bits per heavy atom. The van der Waals surface area contributed by atoms with Crippen molar-refractivity contribution in [3.8, 4) is 11.9 Å². The second kappa shape index (κ2) is 10.9. The number of likely N-dealkylation sites (tertiary alicyclic amines) is 1. The number of hydrogen-bond acceptors (Lipinski definition) is 7. The van der Waals surface area contributed by atoms with Crippen LogP contribution in [0.1, 0.15) is 58.6 Å². The maximum atomic E-state index is 13.0. The van der Waals surface area contributed by atoms with Gasteiger partial charge in [0.15, 0.2) is 11.6 Å². The average Bonchev–Trinajstić information content (AvgIpc) is 3.35. The van der Waals surface area contributed by atoms with E-state index in [-0.39, 0.29) is 18.0 Å². The van der Waals surface area contributed by atoms with Gasteiger partial charge in [0, 0.05) is 51.2 Å². The average molecular weight is 539 g/mol. The number of rotatable bonds is 6. The van der Waals surface area contributed by atoms with Crippen molar-refractivity contribution < 1.29 is 22.7 Å². The Morgan fingerprint density at radius 3 is 2.44 bits per heavy atom. The highest BCUT2D eigenvalue weighted by molar-refractivity contribution is 5.98. The Morgan fingerprint density at radius 1 is 1.10 bits per heavy atom. The molecule has 0 unspecified atom stereocenters. The standard InChI is InChI=1S/C28H29F3N6O2/c1-19-23(17-35-37(19)26-5-3-21(16-34-26)28(29,30)31)24(38)14-20-2-4-25(33-15-20)27(18-32)8-10-36(11-9-27)22-6-12-39-13-7-22/h2-5,15-17,22H,6-14H2,1H3. The first kappa shape index (κ1) is 27.0. The summed E-state index contributed by atoms with van der Waals surface area (Å²) < 4.78 is 45.3. The monoisotopic (exact) mass is 538 g/mol. The molecule has 204 valence electrons. The lowest BCUT2D eigenvalue weighted by Crippen LogP contribution is -2.48. The van der Waals surface area contributed by atoms with Crippen LogP contribution in [0.5, 0.6) is 0 Å². The summed E-state index contributed by atoms with van der Waals surface area (Å²) in [4.78, 5) is 24.0. The smallest absolute Gasteiger partial charge is 0.381 e. The van der Waals surface area contributed by atoms with E-state index in [1.807, 2.05) is 12.1 Å². The highest BCUT2D eigenvalue weighted by atomic mass is 19.4. The number of ketones is 1. The molecule has 0 amide bonds. The SMILES string of the molecule is Cc1c(C(=O)Cc2ccc(C3(C#N)CCN(C4CCOCC4)CC3)nc2)cnn1-c1ccc(C(F)(F)F)cn1. The van der Waals surface area contributed by atoms with Crippen LogP contribution in [0.25, 0.3) is 5.82 Å². The zero-order chi connectivity index (χ0) is 27.6. The lowest BCUT2D eigenvalue weighted by Gasteiger charge is -2.42. The van der Waals surface area contributed by atoms with Crippen LogP contribution in [0.15, 0.2) is 42.9 Å². The highest BCUT2D eigenvalue weighted by Crippen LogP contribution is 2.35. The molecular weight excluding hydrogens is 509 g/mol. The first-order valence-corrected chi connectivity index (χ1v) is 13.0. The van der Waals surface area contributed by atoms with Gasteiger partial charge >= 0.3 is 6.18 Å². The number of halogens is 3. The predicted octanol–water partition coefficient (Wildman–Crippen LogP) is 4.45. The minimum Gasteiger partial charge on any atom is -0.381 e. The van der Waals surface area contributed by atoms with Crippen molar-refractivity contribution in [3.05, 3.63) is 70.9 Å². The fraction of sp³-hybridized carbons (Fsp3) is 0.464. The summed E-state index contributed by atoms with van der Waals surface area (Å²) in [5.74, 6) is -0.00443. The predicted molar refractivity (Wildman–Crippen MR) is 135 cm³/mol. The maximum absolute atomic E-state index is 13.0. The first-order chi connectivity index (χ1) is 18.7. The van der Waals surface area contributed by atoms with Crippen LogP contribution in [-0.2, 0) is 22.7 Å². The van der Waals surface area contributed by atoms with E-state index in [4.69, 9.17) is 4.74 Å². The number of hydrogen-bond donors (Lipinski definition) is 0. The molecule has 2 aliphatic heterocycles. The molecule has 5 rings (SSSR count). The van der Waals surface area contributed by atoms with Gasteiger partial charge in [0.05, 0.1) is 34.8 Å². The van der Waals surface area contributed by atoms with E-state index in [0.29, 0.717) is 35.7 Å². The van der Waals surface area contributed by atoms with E-state index >= 15 is 0 Å². The Kier molecular flexibility index (Phi) is 7.51. The number of alkyl halides is 3. The van der Waals surface area contributed by atoms with Gasteiger partial charge in [0.1, 0.15) is 5.41 Å². The van der Waals surface area contributed by atoms with Crippen molar-refractivity contribution in [1.29, 1.82) is 5.26 Å². The van der Waals surface area contributed by atoms with Gasteiger partial charge in [-0.2, -0.15) is 23.5 Å². The van der Waals surface area contributed by atoms with Gasteiger partial charge in [0.25, 0.3) is 0 Å². The third-order valence-corrected chi connectivity index (χ3v) is 7.85. The van der Waals surface area contributed by atoms with Gasteiger partial charge < -0.3 is 9.64 Å². The zero-order valence-corrected chi connectivity index (χ0v) is 21.6. The van der Waals surface area contributed by atoms with E-state index in [9.17, 15) is 23.2 Å². The summed E-state index contributed by atoms with van der Waals surface area (Å²) in [7, 11) is 0. The molecule has 0 aliphatic carbocycles. The normalized spacial score (nSPS) is 18.5. The fourth-order valence-corrected chi connectivity index (χ4v) is 5.43. The van der Waals surface area contributed by atoms with Crippen molar-refractivity contribution in [2.75, 3.05) is 26.3 Å². The molecule has 0 atom stereocenters. The van der Waals surface area contributed by atoms with E-state index in [1.165, 1.54) is 16.9 Å². The molecule has 11 heteroatoms. The van der Waals surface area contributed by atoms with Crippen LogP contribution < -0.4 is 0 Å². The van der Waals surface area contributed by atoms with Crippen molar-refractivity contribution >= 4 is 5.78 Å². The van der Waals surface area contributed by atoms with E-state index < -0.39 is 17.2 Å². The summed E-state index contributed by atoms with van der Waals surface area (Å²) in [6, 6.07) is 8.87. The van der Waals surface area contributed by atoms with Gasteiger partial charge in [0.2, 0.25) is 0 Å². The number of aromatic nitrogens is 4. The van der Waals surface area contributed by atoms with Crippen LogP contribution in [0.2, 0.25) is 0 Å². The quantitative estimate of drug-likeness (QED) is 0.428. The van der Waals surface area contributed by atoms with Gasteiger partial charge in [-0.3, -0.25) is 9.78 Å². The van der Waals surface area contributed by atoms with Crippen LogP contribution in [0.3, 0.4) is 0 Å². The zero-order valence-electron chi connectivity index (χ0n) is 21.6. The van der Waals surface area contributed by atoms with Crippen LogP contribution >= 0.6 is 0 Å². The molecule has 2 saturated heterocycles. The summed E-state index contributed by atoms with van der Waals surface area (Å²) in [6.07, 6.45) is 2.87. The number of ether oxygens (including phenoxy) is 1. The van der Waals surface area contributed by atoms with Crippen LogP contribution in [0.4, 0.5) is 13.2 Å². The minimum atomic E-state index is -4.48. The number of carbonyl (C=O) groups excluding carboxylic acids is 1. The van der Waals surface area contributed by atoms with Crippen molar-refractivity contribution in [2.45, 2.75) is 56.7 Å². The molecular formula is C28H29F3N6O2. The van der Waals surface area contributed by atoms with E-state index in [2.05, 4.69) is 26.0 Å². The second-order valence-corrected chi connectivity index (χ2v) is 10.2. The van der Waals surface area contributed by atoms with Crippen molar-refractivity contribution in [3.63, 3.8) is 0 Å². The van der Waals surface area contributed by atoms with Crippen molar-refractivity contribution in [1.82, 2.24) is 24.6 Å². The van der Waals surface area contributed by atoms with Crippen LogP contribution in [0, 0.1) is 18.3 Å². The molecule has 3 aromatic heterocycles. The molecule has 0 spiro atoms. The third kappa shape index (κ3) is 5.58. The number of carbonyl (C=O) groups is 1. The Labute approximate surface area is 224 Å². The third-order valence-electron chi connectivity index (χ3n) is 7.85. The van der Waals surface area contributed by atoms with Crippen LogP contribution in [-0.4, -0.2) is 62.8 Å². The molecule has 0 saturated carbocycles. The summed E-state index contributed by atoms with van der Waals surface area (Å²) in [6.45, 7) is 4.94. The molecule has 3 aromatic rings. The molecule has 8 nitrogen and oxygen atoms in total. The lowest BCUT2D eigenvalue weighted by atomic mass is 9.76. The van der Waals surface area contributed by atoms with E-state index in [0.717, 1.165) is 57.1 Å². The topological polar surface area (TPSA) is 96.9 Å². The molecule has 2 aliphatic rings. The molecule has 5 heterocycles. The Bertz CT molecular complexity index is 1350. The molecule has 39 heavy (non-hydrogen) atoms. The molecule has 0 bridgehead atoms. The molecule has 0 radical (unpaired) electrons. The maximum Gasteiger partial charge on any atom is 0.417 e. The van der Waals surface area contributed by atoms with Gasteiger partial charge in [-0.1, -0.05) is 6.07 Å². The highest BCUT2D eigenvalue weighted by Gasteiger charge is 2.39. The minimum absolute atomic E-state index is 0.0807. The fourth-order valence-electron chi connectivity index (χ4n) is 5.43. The lowest BCUT2D eigenvalue weighted by molar-refractivity contribution is -0.137. The first-order valence-electron chi connectivity index (χ1n) is 13.0. The number of nitriles is 1. The Balaban J connectivity index is 1.24. The van der Waals surface area contributed by atoms with Gasteiger partial charge in [-0.25, -0.2) is 9.67 Å². The number of nitrogens with zero attached hydrogens (tertiary/aromatic N) is 6. The summed E-state index contributed by atoms with van der Waals surface area (Å²) in [5.41, 5.74) is 0.774. The molecule has 0 aromatic carbocycles. The second-order valence-electron chi connectivity index (χ2n) is 10.2. The molecule has 0 N–H and O–H groups in total. The number of pyridine rings is 2.